The number of carbonyl (C=O) groups is 2. The molecule has 0 aromatic rings. The average molecular weight is 460 g/mol. The number of nitrogens with zero attached hydrogens (tertiary/aromatic N) is 1. The summed E-state index contributed by atoms with van der Waals surface area (Å²) in [7, 11) is 0. The van der Waals surface area contributed by atoms with Crippen LogP contribution in [0.15, 0.2) is 12.2 Å². The fraction of sp³-hybridized carbons (Fsp3) is 0.808. The van der Waals surface area contributed by atoms with Gasteiger partial charge in [0.25, 0.3) is 0 Å². The van der Waals surface area contributed by atoms with Crippen molar-refractivity contribution in [2.24, 2.45) is 34.5 Å². The number of thiocarbonyl (C=S) groups is 1. The smallest absolute Gasteiger partial charge is 0.243 e. The summed E-state index contributed by atoms with van der Waals surface area (Å²) in [4.78, 5) is 27.7. The van der Waals surface area contributed by atoms with Crippen molar-refractivity contribution in [3.8, 4) is 0 Å². The molecule has 178 valence electrons. The van der Waals surface area contributed by atoms with Crippen molar-refractivity contribution >= 4 is 29.1 Å². The monoisotopic (exact) mass is 459 g/mol. The minimum absolute atomic E-state index is 0.0314. The minimum Gasteiger partial charge on any atom is -0.360 e. The first kappa shape index (κ1) is 23.7. The van der Waals surface area contributed by atoms with Gasteiger partial charge in [-0.05, 0) is 108 Å². The summed E-state index contributed by atoms with van der Waals surface area (Å²) in [5.41, 5.74) is 0.0661. The Hall–Kier alpha value is -1.43. The summed E-state index contributed by atoms with van der Waals surface area (Å²) >= 11 is 5.66. The van der Waals surface area contributed by atoms with Gasteiger partial charge in [-0.25, -0.2) is 0 Å². The van der Waals surface area contributed by atoms with Crippen LogP contribution in [0.1, 0.15) is 80.1 Å². The van der Waals surface area contributed by atoms with Gasteiger partial charge in [0.05, 0.1) is 0 Å². The van der Waals surface area contributed by atoms with Gasteiger partial charge in [-0.2, -0.15) is 0 Å². The zero-order valence-corrected chi connectivity index (χ0v) is 21.4. The average Bonchev–Trinajstić information content (AvgIpc) is 3.05. The van der Waals surface area contributed by atoms with Gasteiger partial charge in [0.15, 0.2) is 5.11 Å². The molecule has 3 aliphatic carbocycles. The molecule has 0 aromatic heterocycles. The highest BCUT2D eigenvalue weighted by Gasteiger charge is 2.61. The standard InChI is InChI=1S/C26H41N3O2S/c1-15(2)27-24(32)29(16(3)4)23(31)20-9-8-18-17-7-10-21-26(6,14-12-22(30)28-21)19(17)11-13-25(18,20)5/h12,14-21H,7-11,13H2,1-6H3,(H,27,32)(H,28,30)/t17-,18-,19+,20?,21?,25-,26+/m0/s1. The van der Waals surface area contributed by atoms with Crippen LogP contribution in [-0.4, -0.2) is 40.0 Å². The van der Waals surface area contributed by atoms with Gasteiger partial charge in [-0.3, -0.25) is 14.5 Å². The van der Waals surface area contributed by atoms with Gasteiger partial charge in [0, 0.05) is 29.5 Å². The SMILES string of the molecule is CC(C)NC(=S)N(C(=O)C1CC[C@H]2[C@@H]3CCC4NC(=O)C=C[C@]4(C)[C@@H]3CC[C@]12C)C(C)C. The van der Waals surface area contributed by atoms with E-state index >= 15 is 0 Å². The molecule has 7 atom stereocenters. The van der Waals surface area contributed by atoms with E-state index in [1.54, 1.807) is 6.08 Å². The van der Waals surface area contributed by atoms with Gasteiger partial charge in [-0.1, -0.05) is 19.9 Å². The van der Waals surface area contributed by atoms with E-state index < -0.39 is 0 Å². The van der Waals surface area contributed by atoms with Gasteiger partial charge >= 0.3 is 0 Å². The first-order chi connectivity index (χ1) is 15.0. The Kier molecular flexibility index (Phi) is 6.23. The van der Waals surface area contributed by atoms with Crippen LogP contribution in [0.4, 0.5) is 0 Å². The summed E-state index contributed by atoms with van der Waals surface area (Å²) in [6.07, 6.45) is 10.4. The lowest BCUT2D eigenvalue weighted by atomic mass is 9.48. The number of hydrogen-bond donors (Lipinski definition) is 2. The van der Waals surface area contributed by atoms with Crippen molar-refractivity contribution in [2.75, 3.05) is 0 Å². The van der Waals surface area contributed by atoms with Crippen molar-refractivity contribution < 1.29 is 9.59 Å². The molecule has 1 aliphatic heterocycles. The summed E-state index contributed by atoms with van der Waals surface area (Å²) in [6, 6.07) is 0.504. The molecule has 0 saturated heterocycles. The number of nitrogens with one attached hydrogen (secondary N) is 2. The first-order valence-electron chi connectivity index (χ1n) is 12.6. The van der Waals surface area contributed by atoms with E-state index in [-0.39, 0.29) is 46.7 Å². The lowest BCUT2D eigenvalue weighted by molar-refractivity contribution is -0.141. The van der Waals surface area contributed by atoms with Gasteiger partial charge in [-0.15, -0.1) is 0 Å². The summed E-state index contributed by atoms with van der Waals surface area (Å²) < 4.78 is 0. The van der Waals surface area contributed by atoms with Crippen LogP contribution in [0.2, 0.25) is 0 Å². The highest BCUT2D eigenvalue weighted by atomic mass is 32.1. The maximum atomic E-state index is 13.9. The van der Waals surface area contributed by atoms with E-state index in [0.29, 0.717) is 22.9 Å². The number of fused-ring (bicyclic) bond motifs is 5. The molecule has 4 aliphatic rings. The van der Waals surface area contributed by atoms with Crippen LogP contribution in [0, 0.1) is 34.5 Å². The molecule has 0 aromatic carbocycles. The molecule has 4 rings (SSSR count). The predicted octanol–water partition coefficient (Wildman–Crippen LogP) is 4.42. The zero-order chi connectivity index (χ0) is 23.4. The van der Waals surface area contributed by atoms with E-state index in [0.717, 1.165) is 38.5 Å². The van der Waals surface area contributed by atoms with Crippen LogP contribution in [0.3, 0.4) is 0 Å². The summed E-state index contributed by atoms with van der Waals surface area (Å²) in [5.74, 6) is 2.08. The Morgan fingerprint density at radius 2 is 1.84 bits per heavy atom. The second-order valence-corrected chi connectivity index (χ2v) is 12.2. The van der Waals surface area contributed by atoms with Crippen molar-refractivity contribution in [1.29, 1.82) is 0 Å². The number of carbonyl (C=O) groups excluding carboxylic acids is 2. The van der Waals surface area contributed by atoms with E-state index in [1.165, 1.54) is 0 Å². The molecule has 3 fully saturated rings. The molecule has 0 radical (unpaired) electrons. The van der Waals surface area contributed by atoms with E-state index in [2.05, 4.69) is 58.3 Å². The van der Waals surface area contributed by atoms with Gasteiger partial charge in [0.1, 0.15) is 0 Å². The topological polar surface area (TPSA) is 61.4 Å². The molecule has 0 spiro atoms. The van der Waals surface area contributed by atoms with Crippen LogP contribution < -0.4 is 10.6 Å². The van der Waals surface area contributed by atoms with E-state index in [4.69, 9.17) is 12.2 Å². The van der Waals surface area contributed by atoms with E-state index in [9.17, 15) is 9.59 Å². The van der Waals surface area contributed by atoms with E-state index in [1.807, 2.05) is 4.90 Å². The number of hydrogen-bond acceptors (Lipinski definition) is 3. The minimum atomic E-state index is 0.0314. The fourth-order valence-corrected chi connectivity index (χ4v) is 8.35. The molecule has 5 nitrogen and oxygen atoms in total. The predicted molar refractivity (Wildman–Crippen MR) is 132 cm³/mol. The van der Waals surface area contributed by atoms with Crippen molar-refractivity contribution in [3.05, 3.63) is 12.2 Å². The third-order valence-electron chi connectivity index (χ3n) is 9.37. The van der Waals surface area contributed by atoms with Gasteiger partial charge < -0.3 is 10.6 Å². The molecule has 3 saturated carbocycles. The second-order valence-electron chi connectivity index (χ2n) is 11.8. The third-order valence-corrected chi connectivity index (χ3v) is 9.68. The Balaban J connectivity index is 1.57. The lowest BCUT2D eigenvalue weighted by Crippen LogP contribution is -2.60. The van der Waals surface area contributed by atoms with Crippen molar-refractivity contribution in [2.45, 2.75) is 98.2 Å². The van der Waals surface area contributed by atoms with Crippen LogP contribution in [-0.2, 0) is 9.59 Å². The Morgan fingerprint density at radius 3 is 2.50 bits per heavy atom. The summed E-state index contributed by atoms with van der Waals surface area (Å²) in [5, 5.41) is 7.09. The van der Waals surface area contributed by atoms with Crippen LogP contribution in [0.5, 0.6) is 0 Å². The van der Waals surface area contributed by atoms with Crippen LogP contribution in [0.25, 0.3) is 0 Å². The molecule has 2 amide bonds. The molecule has 6 heteroatoms. The zero-order valence-electron chi connectivity index (χ0n) is 20.6. The molecular formula is C26H41N3O2S. The third kappa shape index (κ3) is 3.70. The number of rotatable bonds is 3. The van der Waals surface area contributed by atoms with Crippen molar-refractivity contribution in [3.63, 3.8) is 0 Å². The largest absolute Gasteiger partial charge is 0.360 e. The Morgan fingerprint density at radius 1 is 1.12 bits per heavy atom. The Labute approximate surface area is 199 Å². The Bertz CT molecular complexity index is 824. The molecule has 1 heterocycles. The highest BCUT2D eigenvalue weighted by Crippen LogP contribution is 2.65. The van der Waals surface area contributed by atoms with Crippen LogP contribution >= 0.6 is 12.2 Å². The summed E-state index contributed by atoms with van der Waals surface area (Å²) in [6.45, 7) is 13.0. The van der Waals surface area contributed by atoms with Gasteiger partial charge in [0.2, 0.25) is 11.8 Å². The molecule has 0 bridgehead atoms. The van der Waals surface area contributed by atoms with Crippen molar-refractivity contribution in [1.82, 2.24) is 15.5 Å². The molecular weight excluding hydrogens is 418 g/mol. The lowest BCUT2D eigenvalue weighted by Gasteiger charge is -2.58. The second kappa shape index (κ2) is 8.41. The first-order valence-corrected chi connectivity index (χ1v) is 13.0. The quantitative estimate of drug-likeness (QED) is 0.614. The maximum absolute atomic E-state index is 13.9. The fourth-order valence-electron chi connectivity index (χ4n) is 7.81. The molecule has 2 N–H and O–H groups in total. The molecule has 2 unspecified atom stereocenters. The maximum Gasteiger partial charge on any atom is 0.243 e. The normalized spacial score (nSPS) is 40.4. The highest BCUT2D eigenvalue weighted by molar-refractivity contribution is 7.80. The number of amides is 2. The molecule has 32 heavy (non-hydrogen) atoms.